The second-order valence-corrected chi connectivity index (χ2v) is 3.71. The Morgan fingerprint density at radius 2 is 1.75 bits per heavy atom. The van der Waals surface area contributed by atoms with Crippen LogP contribution < -0.4 is 0 Å². The van der Waals surface area contributed by atoms with Gasteiger partial charge in [0, 0.05) is 5.56 Å². The molecule has 1 heterocycles. The molecule has 1 aromatic heterocycles. The van der Waals surface area contributed by atoms with Crippen molar-refractivity contribution < 1.29 is 13.2 Å². The molecule has 6 heteroatoms. The average molecular weight is 289 g/mol. The Morgan fingerprint density at radius 3 is 2.44 bits per heavy atom. The maximum absolute atomic E-state index is 13.5. The fourth-order valence-electron chi connectivity index (χ4n) is 1.19. The van der Waals surface area contributed by atoms with Gasteiger partial charge in [0.15, 0.2) is 17.5 Å². The van der Waals surface area contributed by atoms with Gasteiger partial charge in [-0.2, -0.15) is 0 Å². The van der Waals surface area contributed by atoms with E-state index in [-0.39, 0.29) is 15.9 Å². The Morgan fingerprint density at radius 1 is 1.00 bits per heavy atom. The molecule has 1 aromatic carbocycles. The van der Waals surface area contributed by atoms with Crippen LogP contribution in [0.15, 0.2) is 29.1 Å². The highest BCUT2D eigenvalue weighted by Crippen LogP contribution is 2.25. The van der Waals surface area contributed by atoms with E-state index in [1.54, 1.807) is 0 Å². The quantitative estimate of drug-likeness (QED) is 0.753. The minimum atomic E-state index is -1.05. The fraction of sp³-hybridized carbons (Fsp3) is 0. The van der Waals surface area contributed by atoms with Gasteiger partial charge in [-0.1, -0.05) is 0 Å². The third-order valence-corrected chi connectivity index (χ3v) is 2.49. The van der Waals surface area contributed by atoms with Gasteiger partial charge in [-0.3, -0.25) is 0 Å². The molecule has 82 valence electrons. The summed E-state index contributed by atoms with van der Waals surface area (Å²) < 4.78 is 39.1. The van der Waals surface area contributed by atoms with Crippen LogP contribution in [-0.4, -0.2) is 9.97 Å². The molecule has 0 aliphatic rings. The monoisotopic (exact) mass is 288 g/mol. The van der Waals surface area contributed by atoms with Crippen LogP contribution in [0.2, 0.25) is 0 Å². The summed E-state index contributed by atoms with van der Waals surface area (Å²) in [6.45, 7) is 0. The van der Waals surface area contributed by atoms with E-state index in [9.17, 15) is 13.2 Å². The van der Waals surface area contributed by atoms with E-state index in [0.29, 0.717) is 0 Å². The summed E-state index contributed by atoms with van der Waals surface area (Å²) in [4.78, 5) is 7.24. The van der Waals surface area contributed by atoms with Crippen molar-refractivity contribution >= 4 is 15.9 Å². The van der Waals surface area contributed by atoms with Crippen LogP contribution in [-0.2, 0) is 0 Å². The molecule has 2 nitrogen and oxygen atoms in total. The molecule has 0 aliphatic heterocycles. The van der Waals surface area contributed by atoms with Crippen molar-refractivity contribution in [3.8, 4) is 11.3 Å². The van der Waals surface area contributed by atoms with E-state index in [1.165, 1.54) is 6.07 Å². The fourth-order valence-corrected chi connectivity index (χ4v) is 1.47. The molecule has 0 fully saturated rings. The third kappa shape index (κ3) is 1.92. The maximum atomic E-state index is 13.5. The van der Waals surface area contributed by atoms with Gasteiger partial charge >= 0.3 is 0 Å². The Balaban J connectivity index is 2.59. The normalized spacial score (nSPS) is 10.5. The zero-order valence-electron chi connectivity index (χ0n) is 7.72. The third-order valence-electron chi connectivity index (χ3n) is 1.94. The van der Waals surface area contributed by atoms with E-state index in [4.69, 9.17) is 0 Å². The molecular weight excluding hydrogens is 285 g/mol. The van der Waals surface area contributed by atoms with Crippen molar-refractivity contribution in [3.05, 3.63) is 46.6 Å². The lowest BCUT2D eigenvalue weighted by atomic mass is 10.1. The van der Waals surface area contributed by atoms with E-state index in [2.05, 4.69) is 25.9 Å². The highest BCUT2D eigenvalue weighted by atomic mass is 79.9. The van der Waals surface area contributed by atoms with Crippen LogP contribution in [0, 0.1) is 17.5 Å². The number of hydrogen-bond donors (Lipinski definition) is 0. The maximum Gasteiger partial charge on any atom is 0.182 e. The summed E-state index contributed by atoms with van der Waals surface area (Å²) in [6, 6.07) is 3.05. The second kappa shape index (κ2) is 4.21. The molecule has 2 aromatic rings. The van der Waals surface area contributed by atoms with Crippen LogP contribution in [0.1, 0.15) is 0 Å². The number of nitrogens with zero attached hydrogens (tertiary/aromatic N) is 2. The summed E-state index contributed by atoms with van der Waals surface area (Å²) in [5.41, 5.74) is 0.0697. The van der Waals surface area contributed by atoms with Gasteiger partial charge in [0.05, 0.1) is 0 Å². The van der Waals surface area contributed by atoms with Crippen molar-refractivity contribution in [2.75, 3.05) is 0 Å². The van der Waals surface area contributed by atoms with Crippen LogP contribution in [0.25, 0.3) is 11.3 Å². The van der Waals surface area contributed by atoms with Crippen LogP contribution in [0.4, 0.5) is 13.2 Å². The van der Waals surface area contributed by atoms with Gasteiger partial charge in [0.1, 0.15) is 16.6 Å². The second-order valence-electron chi connectivity index (χ2n) is 2.96. The summed E-state index contributed by atoms with van der Waals surface area (Å²) in [6.07, 6.45) is 1.13. The van der Waals surface area contributed by atoms with Gasteiger partial charge in [-0.05, 0) is 34.1 Å². The Kier molecular flexibility index (Phi) is 2.91. The van der Waals surface area contributed by atoms with Gasteiger partial charge in [0.2, 0.25) is 0 Å². The molecule has 0 spiro atoms. The molecule has 0 bridgehead atoms. The first-order valence-corrected chi connectivity index (χ1v) is 5.00. The lowest BCUT2D eigenvalue weighted by Gasteiger charge is -2.03. The highest BCUT2D eigenvalue weighted by Gasteiger charge is 2.12. The molecule has 0 aliphatic carbocycles. The summed E-state index contributed by atoms with van der Waals surface area (Å²) in [5, 5.41) is 0. The molecule has 0 saturated carbocycles. The van der Waals surface area contributed by atoms with Gasteiger partial charge in [0.25, 0.3) is 0 Å². The summed E-state index contributed by atoms with van der Waals surface area (Å²) in [7, 11) is 0. The summed E-state index contributed by atoms with van der Waals surface area (Å²) >= 11 is 2.88. The van der Waals surface area contributed by atoms with Crippen molar-refractivity contribution in [3.63, 3.8) is 0 Å². The van der Waals surface area contributed by atoms with Crippen molar-refractivity contribution in [1.29, 1.82) is 0 Å². The number of benzene rings is 1. The SMILES string of the molecule is Fc1ccc(-c2ncnc(Br)c2F)cc1F. The molecule has 0 N–H and O–H groups in total. The lowest BCUT2D eigenvalue weighted by molar-refractivity contribution is 0.509. The summed E-state index contributed by atoms with van der Waals surface area (Å²) in [5.74, 6) is -2.75. The molecule has 16 heavy (non-hydrogen) atoms. The molecule has 2 rings (SSSR count). The molecular formula is C10H4BrF3N2. The molecule has 0 unspecified atom stereocenters. The Bertz CT molecular complexity index is 546. The van der Waals surface area contributed by atoms with Crippen LogP contribution in [0.3, 0.4) is 0 Å². The zero-order chi connectivity index (χ0) is 11.7. The van der Waals surface area contributed by atoms with Crippen molar-refractivity contribution in [1.82, 2.24) is 9.97 Å². The first-order chi connectivity index (χ1) is 7.59. The number of hydrogen-bond acceptors (Lipinski definition) is 2. The van der Waals surface area contributed by atoms with Crippen LogP contribution >= 0.6 is 15.9 Å². The number of halogens is 4. The van der Waals surface area contributed by atoms with E-state index < -0.39 is 17.5 Å². The molecule has 0 atom stereocenters. The number of rotatable bonds is 1. The van der Waals surface area contributed by atoms with Gasteiger partial charge in [-0.15, -0.1) is 0 Å². The van der Waals surface area contributed by atoms with Gasteiger partial charge in [-0.25, -0.2) is 23.1 Å². The minimum Gasteiger partial charge on any atom is -0.233 e. The molecule has 0 saturated heterocycles. The smallest absolute Gasteiger partial charge is 0.182 e. The van der Waals surface area contributed by atoms with E-state index in [0.717, 1.165) is 18.5 Å². The molecule has 0 radical (unpaired) electrons. The minimum absolute atomic E-state index is 0.0257. The van der Waals surface area contributed by atoms with Crippen molar-refractivity contribution in [2.24, 2.45) is 0 Å². The average Bonchev–Trinajstić information content (AvgIpc) is 2.26. The number of aromatic nitrogens is 2. The standard InChI is InChI=1S/C10H4BrF3N2/c11-10-8(14)9(15-4-16-10)5-1-2-6(12)7(13)3-5/h1-4H. The lowest BCUT2D eigenvalue weighted by Crippen LogP contribution is -1.94. The first kappa shape index (κ1) is 11.1. The first-order valence-electron chi connectivity index (χ1n) is 4.21. The van der Waals surface area contributed by atoms with E-state index in [1.807, 2.05) is 0 Å². The predicted octanol–water partition coefficient (Wildman–Crippen LogP) is 3.32. The van der Waals surface area contributed by atoms with Crippen molar-refractivity contribution in [2.45, 2.75) is 0 Å². The Labute approximate surface area is 97.3 Å². The highest BCUT2D eigenvalue weighted by molar-refractivity contribution is 9.10. The van der Waals surface area contributed by atoms with Crippen LogP contribution in [0.5, 0.6) is 0 Å². The Hall–Kier alpha value is -1.43. The topological polar surface area (TPSA) is 25.8 Å². The predicted molar refractivity (Wildman–Crippen MR) is 55.0 cm³/mol. The van der Waals surface area contributed by atoms with Gasteiger partial charge < -0.3 is 0 Å². The largest absolute Gasteiger partial charge is 0.233 e. The zero-order valence-corrected chi connectivity index (χ0v) is 9.30. The molecule has 0 amide bonds. The van der Waals surface area contributed by atoms with E-state index >= 15 is 0 Å².